The van der Waals surface area contributed by atoms with E-state index in [1.165, 1.54) is 12.4 Å². The van der Waals surface area contributed by atoms with Crippen LogP contribution in [-0.2, 0) is 17.9 Å². The van der Waals surface area contributed by atoms with Gasteiger partial charge in [-0.05, 0) is 36.3 Å². The van der Waals surface area contributed by atoms with Crippen molar-refractivity contribution in [1.29, 1.82) is 0 Å². The fourth-order valence-electron chi connectivity index (χ4n) is 3.13. The van der Waals surface area contributed by atoms with Crippen LogP contribution in [0.2, 0.25) is 5.15 Å². The first-order chi connectivity index (χ1) is 15.1. The summed E-state index contributed by atoms with van der Waals surface area (Å²) in [5.74, 6) is -0.202. The molecule has 0 unspecified atom stereocenters. The van der Waals surface area contributed by atoms with Gasteiger partial charge in [0.05, 0.1) is 17.9 Å². The average Bonchev–Trinajstić information content (AvgIpc) is 3.41. The SMILES string of the molecule is Cc1nn(Cc2ccccc2)c(Cl)c1/C=C/C(=O)NCc1ccc(-n2cncn2)cc1. The maximum Gasteiger partial charge on any atom is 0.244 e. The number of halogens is 1. The summed E-state index contributed by atoms with van der Waals surface area (Å²) in [7, 11) is 0. The molecule has 0 aliphatic heterocycles. The summed E-state index contributed by atoms with van der Waals surface area (Å²) >= 11 is 6.50. The van der Waals surface area contributed by atoms with Crippen LogP contribution in [0.4, 0.5) is 0 Å². The van der Waals surface area contributed by atoms with Crippen molar-refractivity contribution >= 4 is 23.6 Å². The largest absolute Gasteiger partial charge is 0.348 e. The number of hydrogen-bond acceptors (Lipinski definition) is 4. The van der Waals surface area contributed by atoms with Gasteiger partial charge in [-0.3, -0.25) is 4.79 Å². The molecule has 0 fully saturated rings. The van der Waals surface area contributed by atoms with E-state index in [-0.39, 0.29) is 5.91 Å². The highest BCUT2D eigenvalue weighted by atomic mass is 35.5. The minimum absolute atomic E-state index is 0.202. The smallest absolute Gasteiger partial charge is 0.244 e. The predicted octanol–water partition coefficient (Wildman–Crippen LogP) is 3.80. The molecule has 0 aliphatic rings. The average molecular weight is 433 g/mol. The summed E-state index contributed by atoms with van der Waals surface area (Å²) in [6, 6.07) is 17.7. The lowest BCUT2D eigenvalue weighted by Crippen LogP contribution is -2.20. The number of hydrogen-bond donors (Lipinski definition) is 1. The molecular formula is C23H21ClN6O. The molecule has 0 radical (unpaired) electrons. The zero-order valence-corrected chi connectivity index (χ0v) is 17.7. The molecule has 156 valence electrons. The van der Waals surface area contributed by atoms with Crippen molar-refractivity contribution < 1.29 is 4.79 Å². The Morgan fingerprint density at radius 2 is 1.87 bits per heavy atom. The molecule has 2 aromatic carbocycles. The highest BCUT2D eigenvalue weighted by Gasteiger charge is 2.11. The van der Waals surface area contributed by atoms with Crippen molar-refractivity contribution in [3.8, 4) is 5.69 Å². The molecule has 0 saturated carbocycles. The number of nitrogens with zero attached hydrogens (tertiary/aromatic N) is 5. The van der Waals surface area contributed by atoms with Gasteiger partial charge >= 0.3 is 0 Å². The lowest BCUT2D eigenvalue weighted by atomic mass is 10.2. The first kappa shape index (κ1) is 20.6. The maximum absolute atomic E-state index is 12.3. The molecule has 0 aliphatic carbocycles. The van der Waals surface area contributed by atoms with Crippen LogP contribution in [0.5, 0.6) is 0 Å². The minimum atomic E-state index is -0.202. The molecule has 2 aromatic heterocycles. The third-order valence-electron chi connectivity index (χ3n) is 4.77. The normalized spacial score (nSPS) is 11.2. The summed E-state index contributed by atoms with van der Waals surface area (Å²) in [5.41, 5.74) is 4.51. The Morgan fingerprint density at radius 1 is 1.10 bits per heavy atom. The second-order valence-electron chi connectivity index (χ2n) is 6.99. The fraction of sp³-hybridized carbons (Fsp3) is 0.130. The molecular weight excluding hydrogens is 412 g/mol. The number of nitrogens with one attached hydrogen (secondary N) is 1. The van der Waals surface area contributed by atoms with Crippen molar-refractivity contribution in [1.82, 2.24) is 29.9 Å². The van der Waals surface area contributed by atoms with E-state index in [2.05, 4.69) is 20.5 Å². The van der Waals surface area contributed by atoms with E-state index in [0.29, 0.717) is 18.2 Å². The van der Waals surface area contributed by atoms with Crippen LogP contribution >= 0.6 is 11.6 Å². The molecule has 7 nitrogen and oxygen atoms in total. The highest BCUT2D eigenvalue weighted by Crippen LogP contribution is 2.22. The van der Waals surface area contributed by atoms with Crippen molar-refractivity contribution in [2.75, 3.05) is 0 Å². The Kier molecular flexibility index (Phi) is 6.24. The topological polar surface area (TPSA) is 77.6 Å². The first-order valence-corrected chi connectivity index (χ1v) is 10.1. The van der Waals surface area contributed by atoms with Crippen molar-refractivity contribution in [2.45, 2.75) is 20.0 Å². The molecule has 1 amide bonds. The van der Waals surface area contributed by atoms with Crippen LogP contribution in [0.15, 0.2) is 73.3 Å². The van der Waals surface area contributed by atoms with Crippen molar-refractivity contribution in [2.24, 2.45) is 0 Å². The predicted molar refractivity (Wildman–Crippen MR) is 120 cm³/mol. The lowest BCUT2D eigenvalue weighted by molar-refractivity contribution is -0.116. The fourth-order valence-corrected chi connectivity index (χ4v) is 3.43. The van der Waals surface area contributed by atoms with Crippen LogP contribution in [0, 0.1) is 6.92 Å². The van der Waals surface area contributed by atoms with Crippen molar-refractivity contribution in [3.63, 3.8) is 0 Å². The van der Waals surface area contributed by atoms with Crippen LogP contribution in [0.1, 0.15) is 22.4 Å². The number of aromatic nitrogens is 5. The molecule has 4 rings (SSSR count). The van der Waals surface area contributed by atoms with E-state index < -0.39 is 0 Å². The zero-order valence-electron chi connectivity index (χ0n) is 16.9. The zero-order chi connectivity index (χ0) is 21.6. The number of carbonyl (C=O) groups excluding carboxylic acids is 1. The molecule has 0 bridgehead atoms. The third-order valence-corrected chi connectivity index (χ3v) is 5.17. The van der Waals surface area contributed by atoms with Crippen molar-refractivity contribution in [3.05, 3.63) is 101 Å². The van der Waals surface area contributed by atoms with Gasteiger partial charge in [0.15, 0.2) is 0 Å². The van der Waals surface area contributed by atoms with Gasteiger partial charge in [0, 0.05) is 18.2 Å². The molecule has 31 heavy (non-hydrogen) atoms. The second-order valence-corrected chi connectivity index (χ2v) is 7.35. The van der Waals surface area contributed by atoms with E-state index in [1.807, 2.05) is 61.5 Å². The molecule has 0 saturated heterocycles. The summed E-state index contributed by atoms with van der Waals surface area (Å²) < 4.78 is 3.41. The lowest BCUT2D eigenvalue weighted by Gasteiger charge is -2.05. The number of amides is 1. The Balaban J connectivity index is 1.36. The van der Waals surface area contributed by atoms with Gasteiger partial charge in [-0.15, -0.1) is 0 Å². The van der Waals surface area contributed by atoms with Gasteiger partial charge < -0.3 is 5.32 Å². The number of benzene rings is 2. The van der Waals surface area contributed by atoms with E-state index in [0.717, 1.165) is 28.1 Å². The van der Waals surface area contributed by atoms with Gasteiger partial charge in [0.2, 0.25) is 5.91 Å². The van der Waals surface area contributed by atoms with Gasteiger partial charge in [-0.25, -0.2) is 14.3 Å². The maximum atomic E-state index is 12.3. The Labute approximate surface area is 185 Å². The summed E-state index contributed by atoms with van der Waals surface area (Å²) in [4.78, 5) is 16.2. The van der Waals surface area contributed by atoms with Gasteiger partial charge in [-0.1, -0.05) is 54.1 Å². The van der Waals surface area contributed by atoms with E-state index in [1.54, 1.807) is 21.8 Å². The van der Waals surface area contributed by atoms with Gasteiger partial charge in [0.25, 0.3) is 0 Å². The molecule has 1 N–H and O–H groups in total. The number of rotatable bonds is 7. The summed E-state index contributed by atoms with van der Waals surface area (Å²) in [6.07, 6.45) is 6.30. The Bertz CT molecular complexity index is 1180. The molecule has 8 heteroatoms. The molecule has 4 aromatic rings. The summed E-state index contributed by atoms with van der Waals surface area (Å²) in [6.45, 7) is 2.87. The third kappa shape index (κ3) is 5.07. The Morgan fingerprint density at radius 3 is 2.58 bits per heavy atom. The van der Waals surface area contributed by atoms with E-state index in [9.17, 15) is 4.79 Å². The highest BCUT2D eigenvalue weighted by molar-refractivity contribution is 6.31. The van der Waals surface area contributed by atoms with E-state index in [4.69, 9.17) is 11.6 Å². The van der Waals surface area contributed by atoms with Crippen LogP contribution < -0.4 is 5.32 Å². The molecule has 0 atom stereocenters. The van der Waals surface area contributed by atoms with Crippen LogP contribution in [0.3, 0.4) is 0 Å². The minimum Gasteiger partial charge on any atom is -0.348 e. The second kappa shape index (κ2) is 9.40. The number of carbonyl (C=O) groups is 1. The van der Waals surface area contributed by atoms with Crippen LogP contribution in [-0.4, -0.2) is 30.5 Å². The summed E-state index contributed by atoms with van der Waals surface area (Å²) in [5, 5.41) is 12.0. The Hall–Kier alpha value is -3.71. The monoisotopic (exact) mass is 432 g/mol. The number of aryl methyl sites for hydroxylation is 1. The standard InChI is InChI=1S/C23H21ClN6O/c1-17-21(23(24)29(28-17)14-19-5-3-2-4-6-19)11-12-22(31)26-13-18-7-9-20(10-8-18)30-16-25-15-27-30/h2-12,15-16H,13-14H2,1H3,(H,26,31)/b12-11+. The molecule has 2 heterocycles. The van der Waals surface area contributed by atoms with Crippen LogP contribution in [0.25, 0.3) is 11.8 Å². The quantitative estimate of drug-likeness (QED) is 0.450. The molecule has 0 spiro atoms. The van der Waals surface area contributed by atoms with Gasteiger partial charge in [-0.2, -0.15) is 10.2 Å². The van der Waals surface area contributed by atoms with Gasteiger partial charge in [0.1, 0.15) is 17.8 Å². The first-order valence-electron chi connectivity index (χ1n) is 9.77. The van der Waals surface area contributed by atoms with E-state index >= 15 is 0 Å².